The smallest absolute Gasteiger partial charge is 0.161 e. The van der Waals surface area contributed by atoms with Gasteiger partial charge in [0.1, 0.15) is 6.10 Å². The lowest BCUT2D eigenvalue weighted by Gasteiger charge is -2.36. The Kier molecular flexibility index (Phi) is 4.54. The molecule has 0 aliphatic carbocycles. The van der Waals surface area contributed by atoms with Gasteiger partial charge in [-0.3, -0.25) is 0 Å². The quantitative estimate of drug-likeness (QED) is 0.643. The minimum Gasteiger partial charge on any atom is -0.394 e. The molecule has 1 heterocycles. The first-order valence-corrected chi connectivity index (χ1v) is 4.86. The summed E-state index contributed by atoms with van der Waals surface area (Å²) in [6, 6.07) is 0. The maximum Gasteiger partial charge on any atom is 0.161 e. The zero-order valence-corrected chi connectivity index (χ0v) is 8.43. The van der Waals surface area contributed by atoms with Crippen molar-refractivity contribution in [3.8, 4) is 0 Å². The van der Waals surface area contributed by atoms with Crippen molar-refractivity contribution in [3.05, 3.63) is 12.7 Å². The van der Waals surface area contributed by atoms with Gasteiger partial charge < -0.3 is 19.7 Å². The van der Waals surface area contributed by atoms with E-state index in [1.54, 1.807) is 6.08 Å². The first-order chi connectivity index (χ1) is 6.69. The first kappa shape index (κ1) is 11.7. The minimum absolute atomic E-state index is 0.132. The molecule has 0 radical (unpaired) electrons. The van der Waals surface area contributed by atoms with Crippen LogP contribution in [0.2, 0.25) is 0 Å². The number of aliphatic hydroxyl groups excluding tert-OH is 2. The Balaban J connectivity index is 2.46. The van der Waals surface area contributed by atoms with E-state index in [0.717, 1.165) is 0 Å². The molecule has 0 spiro atoms. The molecule has 14 heavy (non-hydrogen) atoms. The number of hydrogen-bond acceptors (Lipinski definition) is 4. The fourth-order valence-electron chi connectivity index (χ4n) is 1.57. The maximum absolute atomic E-state index is 9.52. The SMILES string of the molecule is C=CCO[C@@H]1OC(CO)[C@@H](O)C[C@@H]1C. The van der Waals surface area contributed by atoms with Crippen LogP contribution in [-0.4, -0.2) is 41.9 Å². The summed E-state index contributed by atoms with van der Waals surface area (Å²) in [5, 5.41) is 18.5. The van der Waals surface area contributed by atoms with Crippen LogP contribution in [0.15, 0.2) is 12.7 Å². The van der Waals surface area contributed by atoms with Crippen LogP contribution in [0.1, 0.15) is 13.3 Å². The van der Waals surface area contributed by atoms with Gasteiger partial charge in [0.2, 0.25) is 0 Å². The van der Waals surface area contributed by atoms with E-state index in [0.29, 0.717) is 13.0 Å². The summed E-state index contributed by atoms with van der Waals surface area (Å²) in [6.07, 6.45) is 0.760. The summed E-state index contributed by atoms with van der Waals surface area (Å²) in [6.45, 7) is 5.74. The second-order valence-electron chi connectivity index (χ2n) is 3.63. The van der Waals surface area contributed by atoms with Crippen LogP contribution in [0.25, 0.3) is 0 Å². The van der Waals surface area contributed by atoms with E-state index in [1.807, 2.05) is 6.92 Å². The van der Waals surface area contributed by atoms with Gasteiger partial charge in [0.25, 0.3) is 0 Å². The predicted molar refractivity (Wildman–Crippen MR) is 51.7 cm³/mol. The van der Waals surface area contributed by atoms with E-state index in [2.05, 4.69) is 6.58 Å². The third-order valence-electron chi connectivity index (χ3n) is 2.37. The molecule has 2 N–H and O–H groups in total. The van der Waals surface area contributed by atoms with Crippen LogP contribution in [0.3, 0.4) is 0 Å². The number of aliphatic hydroxyl groups is 2. The first-order valence-electron chi connectivity index (χ1n) is 4.86. The van der Waals surface area contributed by atoms with Gasteiger partial charge in [-0.15, -0.1) is 6.58 Å². The van der Waals surface area contributed by atoms with E-state index < -0.39 is 12.2 Å². The van der Waals surface area contributed by atoms with Gasteiger partial charge >= 0.3 is 0 Å². The maximum atomic E-state index is 9.52. The molecule has 82 valence electrons. The zero-order valence-electron chi connectivity index (χ0n) is 8.43. The fourth-order valence-corrected chi connectivity index (χ4v) is 1.57. The van der Waals surface area contributed by atoms with Gasteiger partial charge in [-0.25, -0.2) is 0 Å². The van der Waals surface area contributed by atoms with Gasteiger partial charge in [-0.05, 0) is 6.42 Å². The largest absolute Gasteiger partial charge is 0.394 e. The molecule has 1 saturated heterocycles. The average Bonchev–Trinajstić information content (AvgIpc) is 2.17. The van der Waals surface area contributed by atoms with Crippen molar-refractivity contribution in [3.63, 3.8) is 0 Å². The summed E-state index contributed by atoms with van der Waals surface area (Å²) < 4.78 is 10.8. The van der Waals surface area contributed by atoms with Crippen LogP contribution in [0.5, 0.6) is 0 Å². The molecule has 1 aliphatic rings. The molecule has 0 aromatic carbocycles. The Morgan fingerprint density at radius 3 is 2.93 bits per heavy atom. The molecular formula is C10H18O4. The Hall–Kier alpha value is -0.420. The minimum atomic E-state index is -0.599. The highest BCUT2D eigenvalue weighted by Crippen LogP contribution is 2.25. The van der Waals surface area contributed by atoms with Crippen LogP contribution in [-0.2, 0) is 9.47 Å². The van der Waals surface area contributed by atoms with Gasteiger partial charge in [-0.2, -0.15) is 0 Å². The Labute approximate surface area is 84.1 Å². The molecule has 1 fully saturated rings. The summed E-state index contributed by atoms with van der Waals surface area (Å²) >= 11 is 0. The normalized spacial score (nSPS) is 38.2. The summed E-state index contributed by atoms with van der Waals surface area (Å²) in [7, 11) is 0. The number of rotatable bonds is 4. The van der Waals surface area contributed by atoms with E-state index in [-0.39, 0.29) is 18.8 Å². The summed E-state index contributed by atoms with van der Waals surface area (Å²) in [5.74, 6) is 0.132. The molecule has 0 saturated carbocycles. The van der Waals surface area contributed by atoms with E-state index in [4.69, 9.17) is 14.6 Å². The van der Waals surface area contributed by atoms with Crippen molar-refractivity contribution in [1.29, 1.82) is 0 Å². The number of ether oxygens (including phenoxy) is 2. The van der Waals surface area contributed by atoms with Crippen LogP contribution >= 0.6 is 0 Å². The Bertz CT molecular complexity index is 183. The average molecular weight is 202 g/mol. The molecule has 0 aromatic heterocycles. The van der Waals surface area contributed by atoms with Crippen LogP contribution in [0, 0.1) is 5.92 Å². The van der Waals surface area contributed by atoms with Crippen LogP contribution < -0.4 is 0 Å². The third-order valence-corrected chi connectivity index (χ3v) is 2.37. The molecule has 1 aliphatic heterocycles. The number of hydrogen-bond donors (Lipinski definition) is 2. The van der Waals surface area contributed by atoms with E-state index >= 15 is 0 Å². The highest BCUT2D eigenvalue weighted by molar-refractivity contribution is 4.79. The topological polar surface area (TPSA) is 58.9 Å². The van der Waals surface area contributed by atoms with Gasteiger partial charge in [-0.1, -0.05) is 13.0 Å². The lowest BCUT2D eigenvalue weighted by Crippen LogP contribution is -2.46. The highest BCUT2D eigenvalue weighted by Gasteiger charge is 2.34. The second kappa shape index (κ2) is 5.46. The molecule has 1 rings (SSSR count). The zero-order chi connectivity index (χ0) is 10.6. The Morgan fingerprint density at radius 1 is 1.64 bits per heavy atom. The summed E-state index contributed by atoms with van der Waals surface area (Å²) in [5.41, 5.74) is 0. The molecule has 0 bridgehead atoms. The molecule has 4 nitrogen and oxygen atoms in total. The Morgan fingerprint density at radius 2 is 2.36 bits per heavy atom. The van der Waals surface area contributed by atoms with Crippen molar-refractivity contribution in [2.24, 2.45) is 5.92 Å². The van der Waals surface area contributed by atoms with E-state index in [1.165, 1.54) is 0 Å². The summed E-state index contributed by atoms with van der Waals surface area (Å²) in [4.78, 5) is 0. The van der Waals surface area contributed by atoms with Crippen molar-refractivity contribution in [2.75, 3.05) is 13.2 Å². The molecular weight excluding hydrogens is 184 g/mol. The molecule has 4 heteroatoms. The third kappa shape index (κ3) is 2.78. The van der Waals surface area contributed by atoms with E-state index in [9.17, 15) is 5.11 Å². The second-order valence-corrected chi connectivity index (χ2v) is 3.63. The lowest BCUT2D eigenvalue weighted by molar-refractivity contribution is -0.248. The molecule has 0 amide bonds. The van der Waals surface area contributed by atoms with Gasteiger partial charge in [0.05, 0.1) is 19.3 Å². The fraction of sp³-hybridized carbons (Fsp3) is 0.800. The standard InChI is InChI=1S/C10H18O4/c1-3-4-13-10-7(2)5-8(12)9(6-11)14-10/h3,7-12H,1,4-6H2,2H3/t7-,8-,9?,10+/m0/s1. The lowest BCUT2D eigenvalue weighted by atomic mass is 9.96. The molecule has 1 unspecified atom stereocenters. The highest BCUT2D eigenvalue weighted by atomic mass is 16.7. The van der Waals surface area contributed by atoms with Gasteiger partial charge in [0.15, 0.2) is 6.29 Å². The van der Waals surface area contributed by atoms with Crippen molar-refractivity contribution < 1.29 is 19.7 Å². The molecule has 0 aromatic rings. The van der Waals surface area contributed by atoms with Crippen LogP contribution in [0.4, 0.5) is 0 Å². The van der Waals surface area contributed by atoms with Crippen molar-refractivity contribution >= 4 is 0 Å². The van der Waals surface area contributed by atoms with Gasteiger partial charge in [0, 0.05) is 5.92 Å². The predicted octanol–water partition coefficient (Wildman–Crippen LogP) is 0.293. The molecule has 4 atom stereocenters. The monoisotopic (exact) mass is 202 g/mol. The van der Waals surface area contributed by atoms with Crippen molar-refractivity contribution in [2.45, 2.75) is 31.8 Å². The van der Waals surface area contributed by atoms with Crippen molar-refractivity contribution in [1.82, 2.24) is 0 Å².